The molecule has 0 aromatic heterocycles. The second-order valence-corrected chi connectivity index (χ2v) is 13.1. The van der Waals surface area contributed by atoms with Gasteiger partial charge in [-0.1, -0.05) is 56.8 Å². The average Bonchev–Trinajstić information content (AvgIpc) is 3.12. The maximum absolute atomic E-state index is 12.7. The number of carbonyl (C=O) groups excluding carboxylic acids is 2. The number of carbonyl (C=O) groups is 2. The molecule has 0 aliphatic carbocycles. The van der Waals surface area contributed by atoms with Crippen molar-refractivity contribution in [3.8, 4) is 0 Å². The van der Waals surface area contributed by atoms with Crippen LogP contribution in [0, 0.1) is 0 Å². The van der Waals surface area contributed by atoms with Crippen LogP contribution in [0.3, 0.4) is 0 Å². The van der Waals surface area contributed by atoms with Crippen LogP contribution >= 0.6 is 0 Å². The Bertz CT molecular complexity index is 994. The predicted octanol–water partition coefficient (Wildman–Crippen LogP) is 1.31. The SMILES string of the molecule is C=CCCCCCCCC(=O)OC[C@H](CO[C@@H]1O[C@H](CO[C@H]2O[C@H](CO)[C@H](O)[C@H](O)[C@H]2O)[C@H](O)[C@H](O)[C@H]1O)OC(=O)CCCCCCC/C=C/C. The Labute approximate surface area is 301 Å². The lowest BCUT2D eigenvalue weighted by Crippen LogP contribution is -2.61. The molecule has 0 saturated carbocycles. The van der Waals surface area contributed by atoms with Crippen LogP contribution in [0.2, 0.25) is 0 Å². The van der Waals surface area contributed by atoms with E-state index < -0.39 is 99.3 Å². The molecule has 2 fully saturated rings. The summed E-state index contributed by atoms with van der Waals surface area (Å²) < 4.78 is 33.1. The molecule has 11 atom stereocenters. The summed E-state index contributed by atoms with van der Waals surface area (Å²) in [6.45, 7) is 3.78. The van der Waals surface area contributed by atoms with E-state index in [9.17, 15) is 45.3 Å². The van der Waals surface area contributed by atoms with Crippen molar-refractivity contribution in [2.75, 3.05) is 26.4 Å². The molecule has 0 aromatic carbocycles. The third kappa shape index (κ3) is 16.7. The molecule has 51 heavy (non-hydrogen) atoms. The van der Waals surface area contributed by atoms with E-state index in [0.29, 0.717) is 12.8 Å². The fourth-order valence-corrected chi connectivity index (χ4v) is 5.72. The van der Waals surface area contributed by atoms with Gasteiger partial charge < -0.3 is 64.2 Å². The number of aliphatic hydroxyl groups is 7. The zero-order valence-electron chi connectivity index (χ0n) is 29.9. The topological polar surface area (TPSA) is 231 Å². The molecule has 0 spiro atoms. The normalized spacial score (nSPS) is 30.3. The zero-order valence-corrected chi connectivity index (χ0v) is 29.9. The van der Waals surface area contributed by atoms with Crippen molar-refractivity contribution in [2.45, 2.75) is 164 Å². The molecule has 7 N–H and O–H groups in total. The van der Waals surface area contributed by atoms with Crippen molar-refractivity contribution in [1.82, 2.24) is 0 Å². The maximum atomic E-state index is 12.7. The van der Waals surface area contributed by atoms with E-state index in [4.69, 9.17) is 28.4 Å². The fourth-order valence-electron chi connectivity index (χ4n) is 5.72. The lowest BCUT2D eigenvalue weighted by atomic mass is 9.98. The minimum absolute atomic E-state index is 0.149. The van der Waals surface area contributed by atoms with E-state index in [2.05, 4.69) is 12.7 Å². The Morgan fingerprint density at radius 3 is 1.80 bits per heavy atom. The number of unbranched alkanes of at least 4 members (excludes halogenated alkanes) is 10. The van der Waals surface area contributed by atoms with Crippen molar-refractivity contribution < 1.29 is 73.8 Å². The molecule has 0 amide bonds. The molecule has 0 bridgehead atoms. The summed E-state index contributed by atoms with van der Waals surface area (Å²) >= 11 is 0. The smallest absolute Gasteiger partial charge is 0.306 e. The first kappa shape index (κ1) is 45.1. The van der Waals surface area contributed by atoms with Gasteiger partial charge in [0.1, 0.15) is 55.4 Å². The van der Waals surface area contributed by atoms with Crippen molar-refractivity contribution in [3.63, 3.8) is 0 Å². The Hall–Kier alpha value is -2.02. The van der Waals surface area contributed by atoms with E-state index in [1.807, 2.05) is 19.1 Å². The van der Waals surface area contributed by atoms with E-state index in [0.717, 1.165) is 64.2 Å². The zero-order chi connectivity index (χ0) is 37.6. The van der Waals surface area contributed by atoms with Gasteiger partial charge in [-0.25, -0.2) is 0 Å². The van der Waals surface area contributed by atoms with Gasteiger partial charge in [0, 0.05) is 12.8 Å². The monoisotopic (exact) mass is 734 g/mol. The third-order valence-electron chi connectivity index (χ3n) is 8.89. The van der Waals surface area contributed by atoms with Crippen molar-refractivity contribution in [1.29, 1.82) is 0 Å². The molecular formula is C36H62O15. The Balaban J connectivity index is 1.94. The van der Waals surface area contributed by atoms with Crippen LogP contribution in [-0.4, -0.2) is 142 Å². The molecule has 0 unspecified atom stereocenters. The molecule has 0 radical (unpaired) electrons. The first-order valence-corrected chi connectivity index (χ1v) is 18.3. The number of esters is 2. The van der Waals surface area contributed by atoms with Crippen molar-refractivity contribution in [2.24, 2.45) is 0 Å². The molecule has 15 heteroatoms. The van der Waals surface area contributed by atoms with Gasteiger partial charge in [-0.3, -0.25) is 9.59 Å². The summed E-state index contributed by atoms with van der Waals surface area (Å²) in [4.78, 5) is 25.2. The first-order valence-electron chi connectivity index (χ1n) is 18.3. The average molecular weight is 735 g/mol. The van der Waals surface area contributed by atoms with Crippen molar-refractivity contribution >= 4 is 11.9 Å². The predicted molar refractivity (Wildman–Crippen MR) is 183 cm³/mol. The van der Waals surface area contributed by atoms with Crippen LogP contribution in [0.1, 0.15) is 96.8 Å². The Kier molecular flexibility index (Phi) is 22.9. The van der Waals surface area contributed by atoms with E-state index in [1.165, 1.54) is 0 Å². The van der Waals surface area contributed by atoms with Crippen LogP contribution in [0.5, 0.6) is 0 Å². The Morgan fingerprint density at radius 2 is 1.20 bits per heavy atom. The van der Waals surface area contributed by atoms with Gasteiger partial charge in [0.25, 0.3) is 0 Å². The van der Waals surface area contributed by atoms with Crippen LogP contribution < -0.4 is 0 Å². The summed E-state index contributed by atoms with van der Waals surface area (Å²) in [5.74, 6) is -0.975. The van der Waals surface area contributed by atoms with Gasteiger partial charge >= 0.3 is 11.9 Å². The molecular weight excluding hydrogens is 672 g/mol. The molecule has 2 aliphatic rings. The number of allylic oxidation sites excluding steroid dienone is 3. The molecule has 296 valence electrons. The fraction of sp³-hybridized carbons (Fsp3) is 0.833. The summed E-state index contributed by atoms with van der Waals surface area (Å²) in [6.07, 6.45) is 0.643. The highest BCUT2D eigenvalue weighted by Gasteiger charge is 2.47. The lowest BCUT2D eigenvalue weighted by Gasteiger charge is -2.42. The minimum atomic E-state index is -1.76. The van der Waals surface area contributed by atoms with Crippen LogP contribution in [0.4, 0.5) is 0 Å². The van der Waals surface area contributed by atoms with Gasteiger partial charge in [-0.15, -0.1) is 6.58 Å². The minimum Gasteiger partial charge on any atom is -0.462 e. The van der Waals surface area contributed by atoms with E-state index >= 15 is 0 Å². The highest BCUT2D eigenvalue weighted by molar-refractivity contribution is 5.70. The number of hydrogen-bond acceptors (Lipinski definition) is 15. The highest BCUT2D eigenvalue weighted by Crippen LogP contribution is 2.26. The lowest BCUT2D eigenvalue weighted by molar-refractivity contribution is -0.332. The third-order valence-corrected chi connectivity index (χ3v) is 8.89. The maximum Gasteiger partial charge on any atom is 0.306 e. The molecule has 2 rings (SSSR count). The van der Waals surface area contributed by atoms with Crippen LogP contribution in [0.15, 0.2) is 24.8 Å². The summed E-state index contributed by atoms with van der Waals surface area (Å²) in [5.41, 5.74) is 0. The van der Waals surface area contributed by atoms with Crippen LogP contribution in [-0.2, 0) is 38.0 Å². The number of aliphatic hydroxyl groups excluding tert-OH is 7. The summed E-state index contributed by atoms with van der Waals surface area (Å²) in [6, 6.07) is 0. The highest BCUT2D eigenvalue weighted by atomic mass is 16.7. The first-order chi connectivity index (χ1) is 24.5. The molecule has 0 aromatic rings. The van der Waals surface area contributed by atoms with Crippen molar-refractivity contribution in [3.05, 3.63) is 24.8 Å². The molecule has 15 nitrogen and oxygen atoms in total. The Morgan fingerprint density at radius 1 is 0.667 bits per heavy atom. The molecule has 2 heterocycles. The van der Waals surface area contributed by atoms with Gasteiger partial charge in [0.15, 0.2) is 18.7 Å². The van der Waals surface area contributed by atoms with E-state index in [1.54, 1.807) is 0 Å². The second kappa shape index (κ2) is 25.9. The van der Waals surface area contributed by atoms with Gasteiger partial charge in [-0.2, -0.15) is 0 Å². The number of hydrogen-bond donors (Lipinski definition) is 7. The molecule has 2 saturated heterocycles. The number of ether oxygens (including phenoxy) is 6. The second-order valence-electron chi connectivity index (χ2n) is 13.1. The van der Waals surface area contributed by atoms with Gasteiger partial charge in [0.05, 0.1) is 19.8 Å². The largest absolute Gasteiger partial charge is 0.462 e. The quantitative estimate of drug-likeness (QED) is 0.0377. The van der Waals surface area contributed by atoms with Gasteiger partial charge in [-0.05, 0) is 45.4 Å². The van der Waals surface area contributed by atoms with Gasteiger partial charge in [0.2, 0.25) is 0 Å². The van der Waals surface area contributed by atoms with Crippen LogP contribution in [0.25, 0.3) is 0 Å². The summed E-state index contributed by atoms with van der Waals surface area (Å²) in [7, 11) is 0. The number of rotatable bonds is 26. The summed E-state index contributed by atoms with van der Waals surface area (Å²) in [5, 5.41) is 71.3. The standard InChI is InChI=1S/C36H62O15/c1-3-5-7-9-11-13-15-17-19-28(39)49-24(21-46-27(38)18-16-14-12-10-8-6-4-2)22-47-35-34(45)32(43)30(41)26(51-35)23-48-36-33(44)31(42)29(40)25(20-37)50-36/h3-5,24-26,29-37,40-45H,2,6-23H2,1H3/b5-3+/t24-,25-,26-,29+,30+,31+,32+,33-,34-,35-,36+/m1/s1. The van der Waals surface area contributed by atoms with E-state index in [-0.39, 0.29) is 19.4 Å². The molecule has 2 aliphatic heterocycles.